The van der Waals surface area contributed by atoms with Crippen LogP contribution in [0.15, 0.2) is 18.2 Å². The lowest BCUT2D eigenvalue weighted by Gasteiger charge is -2.10. The maximum absolute atomic E-state index is 11.6. The molecular formula is C12H18N4O3. The fourth-order valence-corrected chi connectivity index (χ4v) is 1.46. The molecule has 0 atom stereocenters. The van der Waals surface area contributed by atoms with E-state index in [0.29, 0.717) is 30.0 Å². The summed E-state index contributed by atoms with van der Waals surface area (Å²) in [7, 11) is 0. The standard InChI is InChI=1S/C12H18N4O3/c1-2-15-11(17)8-3-4-10(9(13)7-8)16-5-6-19-12(14)18/h3-4,7,16H,2,5-6,13H2,1H3,(H2,14,18)(H,15,17). The Balaban J connectivity index is 2.57. The highest BCUT2D eigenvalue weighted by Gasteiger charge is 2.07. The first-order valence-electron chi connectivity index (χ1n) is 5.88. The number of benzene rings is 1. The summed E-state index contributed by atoms with van der Waals surface area (Å²) in [5, 5.41) is 5.66. The van der Waals surface area contributed by atoms with Crippen LogP contribution in [0.25, 0.3) is 0 Å². The van der Waals surface area contributed by atoms with Crippen LogP contribution in [0.2, 0.25) is 0 Å². The van der Waals surface area contributed by atoms with Crippen LogP contribution in [0.5, 0.6) is 0 Å². The first-order chi connectivity index (χ1) is 9.04. The van der Waals surface area contributed by atoms with Crippen LogP contribution in [0.3, 0.4) is 0 Å². The van der Waals surface area contributed by atoms with Gasteiger partial charge in [-0.15, -0.1) is 0 Å². The van der Waals surface area contributed by atoms with E-state index in [1.165, 1.54) is 0 Å². The van der Waals surface area contributed by atoms with Crippen molar-refractivity contribution in [3.8, 4) is 0 Å². The molecule has 0 aromatic heterocycles. The third kappa shape index (κ3) is 4.74. The van der Waals surface area contributed by atoms with E-state index >= 15 is 0 Å². The molecule has 0 spiro atoms. The summed E-state index contributed by atoms with van der Waals surface area (Å²) >= 11 is 0. The van der Waals surface area contributed by atoms with Gasteiger partial charge in [0.15, 0.2) is 0 Å². The van der Waals surface area contributed by atoms with Gasteiger partial charge in [-0.1, -0.05) is 0 Å². The van der Waals surface area contributed by atoms with Gasteiger partial charge >= 0.3 is 6.09 Å². The molecule has 6 N–H and O–H groups in total. The van der Waals surface area contributed by atoms with Gasteiger partial charge in [0.1, 0.15) is 6.61 Å². The summed E-state index contributed by atoms with van der Waals surface area (Å²) in [6.45, 7) is 2.93. The minimum Gasteiger partial charge on any atom is -0.448 e. The van der Waals surface area contributed by atoms with Crippen LogP contribution in [0.4, 0.5) is 16.2 Å². The van der Waals surface area contributed by atoms with Crippen LogP contribution in [-0.2, 0) is 4.74 Å². The maximum Gasteiger partial charge on any atom is 0.404 e. The van der Waals surface area contributed by atoms with E-state index in [0.717, 1.165) is 0 Å². The Morgan fingerprint density at radius 1 is 1.37 bits per heavy atom. The van der Waals surface area contributed by atoms with E-state index in [2.05, 4.69) is 15.4 Å². The number of hydrogen-bond donors (Lipinski definition) is 4. The number of amides is 2. The van der Waals surface area contributed by atoms with Gasteiger partial charge in [-0.25, -0.2) is 4.79 Å². The van der Waals surface area contributed by atoms with Crippen LogP contribution >= 0.6 is 0 Å². The first-order valence-corrected chi connectivity index (χ1v) is 5.88. The fraction of sp³-hybridized carbons (Fsp3) is 0.333. The van der Waals surface area contributed by atoms with Crippen LogP contribution < -0.4 is 22.1 Å². The molecule has 0 aliphatic heterocycles. The summed E-state index contributed by atoms with van der Waals surface area (Å²) < 4.78 is 4.57. The number of carbonyl (C=O) groups is 2. The van der Waals surface area contributed by atoms with Crippen molar-refractivity contribution in [2.75, 3.05) is 30.7 Å². The largest absolute Gasteiger partial charge is 0.448 e. The second-order valence-electron chi connectivity index (χ2n) is 3.76. The predicted octanol–water partition coefficient (Wildman–Crippen LogP) is 0.526. The van der Waals surface area contributed by atoms with Gasteiger partial charge in [0.2, 0.25) is 0 Å². The molecule has 0 radical (unpaired) electrons. The number of nitrogens with one attached hydrogen (secondary N) is 2. The number of hydrogen-bond acceptors (Lipinski definition) is 5. The van der Waals surface area contributed by atoms with E-state index < -0.39 is 6.09 Å². The smallest absolute Gasteiger partial charge is 0.404 e. The van der Waals surface area contributed by atoms with Gasteiger partial charge in [0.25, 0.3) is 5.91 Å². The quantitative estimate of drug-likeness (QED) is 0.442. The molecule has 0 saturated carbocycles. The number of ether oxygens (including phenoxy) is 1. The molecule has 1 aromatic rings. The molecule has 0 saturated heterocycles. The van der Waals surface area contributed by atoms with Gasteiger partial charge < -0.3 is 26.8 Å². The van der Waals surface area contributed by atoms with Gasteiger partial charge in [0, 0.05) is 18.7 Å². The number of primary amides is 1. The van der Waals surface area contributed by atoms with Crippen molar-refractivity contribution in [2.24, 2.45) is 5.73 Å². The van der Waals surface area contributed by atoms with Gasteiger partial charge in [-0.05, 0) is 25.1 Å². The second kappa shape index (κ2) is 7.10. The minimum absolute atomic E-state index is 0.146. The zero-order valence-corrected chi connectivity index (χ0v) is 10.7. The molecule has 7 heteroatoms. The highest BCUT2D eigenvalue weighted by Crippen LogP contribution is 2.19. The lowest BCUT2D eigenvalue weighted by atomic mass is 10.1. The van der Waals surface area contributed by atoms with Crippen LogP contribution in [-0.4, -0.2) is 31.7 Å². The third-order valence-corrected chi connectivity index (χ3v) is 2.31. The monoisotopic (exact) mass is 266 g/mol. The zero-order chi connectivity index (χ0) is 14.3. The Bertz CT molecular complexity index is 462. The molecule has 2 amide bonds. The minimum atomic E-state index is -0.818. The Hall–Kier alpha value is -2.44. The van der Waals surface area contributed by atoms with E-state index in [1.54, 1.807) is 18.2 Å². The second-order valence-corrected chi connectivity index (χ2v) is 3.76. The lowest BCUT2D eigenvalue weighted by Crippen LogP contribution is -2.23. The topological polar surface area (TPSA) is 119 Å². The Kier molecular flexibility index (Phi) is 5.46. The van der Waals surface area contributed by atoms with E-state index in [1.807, 2.05) is 6.92 Å². The Labute approximate surface area is 111 Å². The highest BCUT2D eigenvalue weighted by atomic mass is 16.5. The molecule has 19 heavy (non-hydrogen) atoms. The summed E-state index contributed by atoms with van der Waals surface area (Å²) in [5.41, 5.74) is 12.3. The predicted molar refractivity (Wildman–Crippen MR) is 72.9 cm³/mol. The number of carbonyl (C=O) groups excluding carboxylic acids is 2. The molecule has 0 fully saturated rings. The molecule has 0 bridgehead atoms. The van der Waals surface area contributed by atoms with Gasteiger partial charge in [-0.3, -0.25) is 4.79 Å². The van der Waals surface area contributed by atoms with Crippen molar-refractivity contribution < 1.29 is 14.3 Å². The third-order valence-electron chi connectivity index (χ3n) is 2.31. The number of nitrogens with two attached hydrogens (primary N) is 2. The SMILES string of the molecule is CCNC(=O)c1ccc(NCCOC(N)=O)c(N)c1. The highest BCUT2D eigenvalue weighted by molar-refractivity contribution is 5.96. The normalized spacial score (nSPS) is 9.74. The van der Waals surface area contributed by atoms with E-state index in [-0.39, 0.29) is 12.5 Å². The average molecular weight is 266 g/mol. The van der Waals surface area contributed by atoms with Crippen LogP contribution in [0.1, 0.15) is 17.3 Å². The molecule has 0 aliphatic rings. The number of nitrogen functional groups attached to an aromatic ring is 1. The molecule has 1 aromatic carbocycles. The number of rotatable bonds is 6. The maximum atomic E-state index is 11.6. The molecule has 1 rings (SSSR count). The molecule has 104 valence electrons. The summed E-state index contributed by atoms with van der Waals surface area (Å²) in [5.74, 6) is -0.169. The van der Waals surface area contributed by atoms with Crippen molar-refractivity contribution in [3.63, 3.8) is 0 Å². The summed E-state index contributed by atoms with van der Waals surface area (Å²) in [4.78, 5) is 21.9. The summed E-state index contributed by atoms with van der Waals surface area (Å²) in [6.07, 6.45) is -0.818. The van der Waals surface area contributed by atoms with Gasteiger partial charge in [0.05, 0.1) is 11.4 Å². The average Bonchev–Trinajstić information content (AvgIpc) is 2.36. The zero-order valence-electron chi connectivity index (χ0n) is 10.7. The number of anilines is 2. The molecular weight excluding hydrogens is 248 g/mol. The van der Waals surface area contributed by atoms with Crippen LogP contribution in [0, 0.1) is 0 Å². The van der Waals surface area contributed by atoms with Crippen molar-refractivity contribution in [1.29, 1.82) is 0 Å². The Morgan fingerprint density at radius 2 is 2.11 bits per heavy atom. The summed E-state index contributed by atoms with van der Waals surface area (Å²) in [6, 6.07) is 4.95. The molecule has 7 nitrogen and oxygen atoms in total. The van der Waals surface area contributed by atoms with Gasteiger partial charge in [-0.2, -0.15) is 0 Å². The molecule has 0 unspecified atom stereocenters. The first kappa shape index (κ1) is 14.6. The Morgan fingerprint density at radius 3 is 2.68 bits per heavy atom. The van der Waals surface area contributed by atoms with Crippen molar-refractivity contribution >= 4 is 23.4 Å². The van der Waals surface area contributed by atoms with Crippen molar-refractivity contribution in [2.45, 2.75) is 6.92 Å². The van der Waals surface area contributed by atoms with E-state index in [9.17, 15) is 9.59 Å². The van der Waals surface area contributed by atoms with Crippen molar-refractivity contribution in [3.05, 3.63) is 23.8 Å². The molecule has 0 heterocycles. The van der Waals surface area contributed by atoms with E-state index in [4.69, 9.17) is 11.5 Å². The fourth-order valence-electron chi connectivity index (χ4n) is 1.46. The lowest BCUT2D eigenvalue weighted by molar-refractivity contribution is 0.0956. The molecule has 0 aliphatic carbocycles. The van der Waals surface area contributed by atoms with Crippen molar-refractivity contribution in [1.82, 2.24) is 5.32 Å².